The number of hydrogen-bond donors (Lipinski definition) is 1. The van der Waals surface area contributed by atoms with Crippen molar-refractivity contribution in [2.75, 3.05) is 18.0 Å². The summed E-state index contributed by atoms with van der Waals surface area (Å²) in [6.07, 6.45) is 5.15. The molecule has 0 radical (unpaired) electrons. The first kappa shape index (κ1) is 21.1. The largest absolute Gasteiger partial charge is 0.356 e. The number of amides is 1. The molecule has 34 heavy (non-hydrogen) atoms. The van der Waals surface area contributed by atoms with E-state index < -0.39 is 17.8 Å². The van der Waals surface area contributed by atoms with Crippen LogP contribution in [0.2, 0.25) is 0 Å². The fraction of sp³-hybridized carbons (Fsp3) is 0.458. The Labute approximate surface area is 195 Å². The Morgan fingerprint density at radius 1 is 1.18 bits per heavy atom. The van der Waals surface area contributed by atoms with E-state index in [-0.39, 0.29) is 17.6 Å². The van der Waals surface area contributed by atoms with E-state index in [1.165, 1.54) is 5.56 Å². The summed E-state index contributed by atoms with van der Waals surface area (Å²) in [4.78, 5) is 23.7. The van der Waals surface area contributed by atoms with Crippen LogP contribution in [-0.2, 0) is 13.0 Å². The van der Waals surface area contributed by atoms with Gasteiger partial charge < -0.3 is 10.2 Å². The number of piperidine rings is 1. The van der Waals surface area contributed by atoms with E-state index >= 15 is 0 Å². The fourth-order valence-electron chi connectivity index (χ4n) is 5.36. The summed E-state index contributed by atoms with van der Waals surface area (Å²) in [6, 6.07) is 5.72. The van der Waals surface area contributed by atoms with Crippen LogP contribution < -0.4 is 10.2 Å². The van der Waals surface area contributed by atoms with Crippen molar-refractivity contribution in [3.8, 4) is 0 Å². The zero-order valence-corrected chi connectivity index (χ0v) is 19.0. The molecule has 1 saturated heterocycles. The number of fused-ring (bicyclic) bond motifs is 2. The number of nitrogens with one attached hydrogen (secondary N) is 1. The molecule has 1 saturated carbocycles. The third kappa shape index (κ3) is 3.43. The highest BCUT2D eigenvalue weighted by Gasteiger charge is 2.71. The van der Waals surface area contributed by atoms with Crippen molar-refractivity contribution < 1.29 is 13.6 Å². The van der Waals surface area contributed by atoms with Crippen LogP contribution in [0.4, 0.5) is 14.6 Å². The Kier molecular flexibility index (Phi) is 4.69. The topological polar surface area (TPSA) is 88.8 Å². The molecule has 2 fully saturated rings. The summed E-state index contributed by atoms with van der Waals surface area (Å²) in [5.41, 5.74) is 5.34. The van der Waals surface area contributed by atoms with Gasteiger partial charge in [0.15, 0.2) is 5.69 Å². The average Bonchev–Trinajstić information content (AvgIpc) is 3.37. The molecular weight excluding hydrogens is 440 g/mol. The lowest BCUT2D eigenvalue weighted by Gasteiger charge is -2.21. The molecule has 3 aromatic rings. The van der Waals surface area contributed by atoms with Crippen LogP contribution in [0.1, 0.15) is 51.0 Å². The van der Waals surface area contributed by atoms with Crippen molar-refractivity contribution in [1.29, 1.82) is 0 Å². The van der Waals surface area contributed by atoms with E-state index in [0.717, 1.165) is 41.2 Å². The number of carbonyl (C=O) groups excluding carboxylic acids is 1. The molecule has 0 spiro atoms. The smallest absolute Gasteiger partial charge is 0.273 e. The fourth-order valence-corrected chi connectivity index (χ4v) is 5.36. The molecule has 6 rings (SSSR count). The van der Waals surface area contributed by atoms with Gasteiger partial charge in [0.2, 0.25) is 0 Å². The Morgan fingerprint density at radius 3 is 2.74 bits per heavy atom. The first-order valence-electron chi connectivity index (χ1n) is 11.6. The molecule has 2 aliphatic carbocycles. The number of anilines is 1. The third-order valence-corrected chi connectivity index (χ3v) is 7.48. The molecule has 0 bridgehead atoms. The number of rotatable bonds is 5. The van der Waals surface area contributed by atoms with Crippen molar-refractivity contribution in [3.05, 3.63) is 64.4 Å². The average molecular weight is 466 g/mol. The molecular formula is C24H25F2N7O. The molecule has 8 nitrogen and oxygen atoms in total. The summed E-state index contributed by atoms with van der Waals surface area (Å²) in [5.74, 6) is -3.10. The van der Waals surface area contributed by atoms with Crippen LogP contribution in [0, 0.1) is 25.7 Å². The quantitative estimate of drug-likeness (QED) is 0.624. The predicted molar refractivity (Wildman–Crippen MR) is 120 cm³/mol. The molecule has 1 aliphatic heterocycles. The molecule has 2 unspecified atom stereocenters. The second kappa shape index (κ2) is 7.54. The number of aromatic nitrogens is 5. The van der Waals surface area contributed by atoms with Gasteiger partial charge in [-0.2, -0.15) is 0 Å². The van der Waals surface area contributed by atoms with E-state index in [1.54, 1.807) is 17.1 Å². The number of pyridine rings is 2. The Balaban J connectivity index is 1.10. The van der Waals surface area contributed by atoms with E-state index in [0.29, 0.717) is 19.6 Å². The molecule has 176 valence electrons. The summed E-state index contributed by atoms with van der Waals surface area (Å²) in [5, 5.41) is 11.2. The molecule has 0 aromatic carbocycles. The normalized spacial score (nSPS) is 24.1. The van der Waals surface area contributed by atoms with Gasteiger partial charge in [-0.3, -0.25) is 9.78 Å². The minimum atomic E-state index is -2.50. The van der Waals surface area contributed by atoms with Crippen LogP contribution in [-0.4, -0.2) is 49.9 Å². The molecule has 3 atom stereocenters. The van der Waals surface area contributed by atoms with Gasteiger partial charge in [-0.1, -0.05) is 11.3 Å². The van der Waals surface area contributed by atoms with Gasteiger partial charge in [-0.15, -0.1) is 5.10 Å². The molecule has 1 N–H and O–H groups in total. The minimum absolute atomic E-state index is 0.0510. The van der Waals surface area contributed by atoms with Crippen LogP contribution >= 0.6 is 0 Å². The lowest BCUT2D eigenvalue weighted by Crippen LogP contribution is -2.28. The molecule has 1 amide bonds. The summed E-state index contributed by atoms with van der Waals surface area (Å²) in [7, 11) is 0. The number of carbonyl (C=O) groups is 1. The lowest BCUT2D eigenvalue weighted by molar-refractivity contribution is 0.0796. The highest BCUT2D eigenvalue weighted by atomic mass is 19.3. The number of aryl methyl sites for hydroxylation is 2. The zero-order valence-electron chi connectivity index (χ0n) is 19.0. The van der Waals surface area contributed by atoms with Crippen molar-refractivity contribution in [2.45, 2.75) is 45.2 Å². The van der Waals surface area contributed by atoms with E-state index in [2.05, 4.69) is 25.6 Å². The van der Waals surface area contributed by atoms with Gasteiger partial charge in [0.25, 0.3) is 11.8 Å². The second-order valence-electron chi connectivity index (χ2n) is 9.54. The molecule has 4 heterocycles. The number of nitrogens with zero attached hydrogens (tertiary/aromatic N) is 6. The Hall–Kier alpha value is -3.43. The summed E-state index contributed by atoms with van der Waals surface area (Å²) < 4.78 is 28.6. The highest BCUT2D eigenvalue weighted by Crippen LogP contribution is 2.59. The maximum atomic E-state index is 13.5. The van der Waals surface area contributed by atoms with Crippen LogP contribution in [0.5, 0.6) is 0 Å². The monoisotopic (exact) mass is 465 g/mol. The molecule has 3 aliphatic rings. The lowest BCUT2D eigenvalue weighted by atomic mass is 10.1. The maximum Gasteiger partial charge on any atom is 0.273 e. The minimum Gasteiger partial charge on any atom is -0.356 e. The summed E-state index contributed by atoms with van der Waals surface area (Å²) in [6.45, 7) is 5.01. The van der Waals surface area contributed by atoms with E-state index in [4.69, 9.17) is 0 Å². The Bertz CT molecular complexity index is 1280. The maximum absolute atomic E-state index is 13.5. The van der Waals surface area contributed by atoms with Gasteiger partial charge in [0, 0.05) is 30.7 Å². The number of hydrogen-bond acceptors (Lipinski definition) is 6. The van der Waals surface area contributed by atoms with Gasteiger partial charge in [0.1, 0.15) is 5.82 Å². The first-order valence-corrected chi connectivity index (χ1v) is 11.6. The number of alkyl halides is 2. The highest BCUT2D eigenvalue weighted by molar-refractivity contribution is 5.92. The third-order valence-electron chi connectivity index (χ3n) is 7.48. The standard InChI is InChI=1S/C24H25F2N7O/c1-13-15(3-6-22(28-13)32-10-18-19(11-32)24(18,25)26)9-33-12-21(30-31-33)23(34)29-20-5-4-16-14(2)27-8-7-17(16)20/h3,6-8,12,18-20H,4-5,9-11H2,1-2H3,(H,29,34)/t18?,19?,20-/m1/s1. The first-order chi connectivity index (χ1) is 16.3. The van der Waals surface area contributed by atoms with E-state index in [9.17, 15) is 13.6 Å². The van der Waals surface area contributed by atoms with Crippen LogP contribution in [0.25, 0.3) is 0 Å². The SMILES string of the molecule is Cc1nc(N2CC3C(C2)C3(F)F)ccc1Cn1cc(C(=O)N[C@@H]2CCc3c2ccnc3C)nn1. The number of halogens is 2. The summed E-state index contributed by atoms with van der Waals surface area (Å²) >= 11 is 0. The predicted octanol–water partition coefficient (Wildman–Crippen LogP) is 2.85. The molecule has 10 heteroatoms. The molecule has 3 aromatic heterocycles. The second-order valence-corrected chi connectivity index (χ2v) is 9.54. The Morgan fingerprint density at radius 2 is 1.97 bits per heavy atom. The van der Waals surface area contributed by atoms with Gasteiger partial charge in [-0.25, -0.2) is 18.4 Å². The van der Waals surface area contributed by atoms with Crippen molar-refractivity contribution in [1.82, 2.24) is 30.3 Å². The van der Waals surface area contributed by atoms with Crippen molar-refractivity contribution in [3.63, 3.8) is 0 Å². The van der Waals surface area contributed by atoms with E-state index in [1.807, 2.05) is 36.9 Å². The van der Waals surface area contributed by atoms with Crippen molar-refractivity contribution in [2.24, 2.45) is 11.8 Å². The van der Waals surface area contributed by atoms with Crippen LogP contribution in [0.15, 0.2) is 30.6 Å². The van der Waals surface area contributed by atoms with Gasteiger partial charge in [0.05, 0.1) is 30.6 Å². The van der Waals surface area contributed by atoms with Gasteiger partial charge >= 0.3 is 0 Å². The van der Waals surface area contributed by atoms with Crippen LogP contribution in [0.3, 0.4) is 0 Å². The van der Waals surface area contributed by atoms with Crippen molar-refractivity contribution >= 4 is 11.7 Å². The van der Waals surface area contributed by atoms with Gasteiger partial charge in [-0.05, 0) is 55.5 Å². The zero-order chi connectivity index (χ0) is 23.6.